The lowest BCUT2D eigenvalue weighted by Gasteiger charge is -2.32. The number of nitrogens with zero attached hydrogens (tertiary/aromatic N) is 2. The van der Waals surface area contributed by atoms with Gasteiger partial charge in [0.25, 0.3) is 10.0 Å². The van der Waals surface area contributed by atoms with E-state index >= 15 is 0 Å². The van der Waals surface area contributed by atoms with E-state index in [1.807, 2.05) is 38.1 Å². The summed E-state index contributed by atoms with van der Waals surface area (Å²) in [7, 11) is -2.63. The first kappa shape index (κ1) is 30.2. The van der Waals surface area contributed by atoms with Gasteiger partial charge < -0.3 is 15.0 Å². The second kappa shape index (κ2) is 13.6. The van der Waals surface area contributed by atoms with E-state index < -0.39 is 28.5 Å². The van der Waals surface area contributed by atoms with Crippen LogP contribution in [0.4, 0.5) is 5.69 Å². The molecule has 8 nitrogen and oxygen atoms in total. The molecule has 3 aromatic rings. The summed E-state index contributed by atoms with van der Waals surface area (Å²) in [5.41, 5.74) is 1.14. The van der Waals surface area contributed by atoms with E-state index in [1.165, 1.54) is 24.1 Å². The maximum atomic E-state index is 13.9. The van der Waals surface area contributed by atoms with E-state index in [4.69, 9.17) is 4.74 Å². The normalized spacial score (nSPS) is 12.7. The second-order valence-corrected chi connectivity index (χ2v) is 11.9. The number of hydrogen-bond donors (Lipinski definition) is 1. The van der Waals surface area contributed by atoms with Gasteiger partial charge in [0.2, 0.25) is 11.8 Å². The zero-order valence-corrected chi connectivity index (χ0v) is 24.9. The van der Waals surface area contributed by atoms with Crippen LogP contribution in [0, 0.1) is 0 Å². The largest absolute Gasteiger partial charge is 0.497 e. The Labute approximate surface area is 239 Å². The Kier molecular flexibility index (Phi) is 10.5. The minimum Gasteiger partial charge on any atom is -0.497 e. The predicted octanol–water partition coefficient (Wildman–Crippen LogP) is 4.99. The van der Waals surface area contributed by atoms with Gasteiger partial charge in [0.05, 0.1) is 17.7 Å². The third-order valence-corrected chi connectivity index (χ3v) is 8.72. The minimum atomic E-state index is -4.13. The molecule has 2 atom stereocenters. The summed E-state index contributed by atoms with van der Waals surface area (Å²) in [6, 6.07) is 20.9. The van der Waals surface area contributed by atoms with E-state index in [2.05, 4.69) is 21.2 Å². The monoisotopic (exact) mass is 615 g/mol. The molecule has 2 unspecified atom stereocenters. The molecular formula is C29H34BrN3O5S. The van der Waals surface area contributed by atoms with Crippen molar-refractivity contribution in [1.82, 2.24) is 10.2 Å². The van der Waals surface area contributed by atoms with Crippen LogP contribution in [-0.2, 0) is 26.2 Å². The summed E-state index contributed by atoms with van der Waals surface area (Å²) in [5.74, 6) is -0.303. The highest BCUT2D eigenvalue weighted by Gasteiger charge is 2.32. The molecule has 0 saturated carbocycles. The molecule has 0 saturated heterocycles. The average molecular weight is 617 g/mol. The Hall–Kier alpha value is -3.37. The van der Waals surface area contributed by atoms with Gasteiger partial charge in [-0.15, -0.1) is 0 Å². The van der Waals surface area contributed by atoms with Crippen LogP contribution in [0.15, 0.2) is 88.2 Å². The Bertz CT molecular complexity index is 1350. The van der Waals surface area contributed by atoms with Crippen LogP contribution in [0.3, 0.4) is 0 Å². The van der Waals surface area contributed by atoms with Crippen LogP contribution in [0.2, 0.25) is 0 Å². The molecule has 0 aromatic heterocycles. The summed E-state index contributed by atoms with van der Waals surface area (Å²) >= 11 is 3.41. The predicted molar refractivity (Wildman–Crippen MR) is 156 cm³/mol. The van der Waals surface area contributed by atoms with Gasteiger partial charge in [-0.3, -0.25) is 13.9 Å². The topological polar surface area (TPSA) is 96.0 Å². The van der Waals surface area contributed by atoms with Crippen molar-refractivity contribution in [2.24, 2.45) is 0 Å². The van der Waals surface area contributed by atoms with Crippen molar-refractivity contribution in [1.29, 1.82) is 0 Å². The number of amides is 2. The van der Waals surface area contributed by atoms with Crippen LogP contribution >= 0.6 is 15.9 Å². The van der Waals surface area contributed by atoms with Crippen LogP contribution in [-0.4, -0.2) is 50.9 Å². The van der Waals surface area contributed by atoms with Gasteiger partial charge in [0, 0.05) is 17.1 Å². The van der Waals surface area contributed by atoms with Gasteiger partial charge in [0.15, 0.2) is 0 Å². The van der Waals surface area contributed by atoms with Crippen LogP contribution in [0.1, 0.15) is 32.8 Å². The molecule has 0 aliphatic carbocycles. The highest BCUT2D eigenvalue weighted by molar-refractivity contribution is 9.10. The molecule has 39 heavy (non-hydrogen) atoms. The van der Waals surface area contributed by atoms with Crippen molar-refractivity contribution in [2.45, 2.75) is 50.7 Å². The number of para-hydroxylation sites is 1. The van der Waals surface area contributed by atoms with Crippen molar-refractivity contribution >= 4 is 43.5 Å². The molecule has 0 spiro atoms. The van der Waals surface area contributed by atoms with Crippen LogP contribution < -0.4 is 14.4 Å². The fraction of sp³-hybridized carbons (Fsp3) is 0.310. The quantitative estimate of drug-likeness (QED) is 0.310. The number of sulfonamides is 1. The summed E-state index contributed by atoms with van der Waals surface area (Å²) in [4.78, 5) is 28.4. The van der Waals surface area contributed by atoms with Crippen molar-refractivity contribution in [3.05, 3.63) is 88.9 Å². The molecule has 0 heterocycles. The van der Waals surface area contributed by atoms with E-state index in [1.54, 1.807) is 49.4 Å². The second-order valence-electron chi connectivity index (χ2n) is 9.16. The summed E-state index contributed by atoms with van der Waals surface area (Å²) in [5, 5.41) is 2.93. The minimum absolute atomic E-state index is 0.0157. The number of nitrogens with one attached hydrogen (secondary N) is 1. The molecule has 208 valence electrons. The lowest BCUT2D eigenvalue weighted by Crippen LogP contribution is -2.52. The highest BCUT2D eigenvalue weighted by atomic mass is 79.9. The molecule has 10 heteroatoms. The third kappa shape index (κ3) is 7.83. The first-order chi connectivity index (χ1) is 18.6. The molecule has 0 aliphatic heterocycles. The van der Waals surface area contributed by atoms with E-state index in [0.29, 0.717) is 11.4 Å². The smallest absolute Gasteiger partial charge is 0.264 e. The number of carbonyl (C=O) groups is 2. The lowest BCUT2D eigenvalue weighted by atomic mass is 10.1. The molecule has 0 radical (unpaired) electrons. The lowest BCUT2D eigenvalue weighted by molar-refractivity contribution is -0.139. The van der Waals surface area contributed by atoms with Crippen molar-refractivity contribution in [2.75, 3.05) is 18.0 Å². The van der Waals surface area contributed by atoms with Crippen molar-refractivity contribution in [3.8, 4) is 5.75 Å². The molecule has 0 fully saturated rings. The molecule has 2 amide bonds. The Morgan fingerprint density at radius 1 is 0.949 bits per heavy atom. The number of ether oxygens (including phenoxy) is 1. The maximum absolute atomic E-state index is 13.9. The summed E-state index contributed by atoms with van der Waals surface area (Å²) in [6.07, 6.45) is 0.737. The standard InChI is InChI=1S/C29H34BrN3O5S/c1-5-21(2)31-29(35)22(3)32(19-23-11-13-24(30)14-12-23)28(34)20-33(25-9-7-6-8-10-25)39(36,37)27-17-15-26(38-4)16-18-27/h6-18,21-22H,5,19-20H2,1-4H3,(H,31,35). The Morgan fingerprint density at radius 2 is 1.56 bits per heavy atom. The Morgan fingerprint density at radius 3 is 2.13 bits per heavy atom. The number of benzene rings is 3. The van der Waals surface area contributed by atoms with Gasteiger partial charge in [-0.1, -0.05) is 53.2 Å². The van der Waals surface area contributed by atoms with E-state index in [0.717, 1.165) is 20.8 Å². The zero-order chi connectivity index (χ0) is 28.6. The van der Waals surface area contributed by atoms with Crippen LogP contribution in [0.5, 0.6) is 5.75 Å². The van der Waals surface area contributed by atoms with E-state index in [-0.39, 0.29) is 23.4 Å². The summed E-state index contributed by atoms with van der Waals surface area (Å²) in [6.45, 7) is 5.15. The average Bonchev–Trinajstić information content (AvgIpc) is 2.95. The third-order valence-electron chi connectivity index (χ3n) is 6.40. The van der Waals surface area contributed by atoms with Crippen molar-refractivity contribution in [3.63, 3.8) is 0 Å². The van der Waals surface area contributed by atoms with E-state index in [9.17, 15) is 18.0 Å². The number of hydrogen-bond acceptors (Lipinski definition) is 5. The first-order valence-electron chi connectivity index (χ1n) is 12.6. The number of rotatable bonds is 12. The number of methoxy groups -OCH3 is 1. The fourth-order valence-electron chi connectivity index (χ4n) is 3.83. The molecular weight excluding hydrogens is 582 g/mol. The number of anilines is 1. The first-order valence-corrected chi connectivity index (χ1v) is 14.9. The SMILES string of the molecule is CCC(C)NC(=O)C(C)N(Cc1ccc(Br)cc1)C(=O)CN(c1ccccc1)S(=O)(=O)c1ccc(OC)cc1. The van der Waals surface area contributed by atoms with Gasteiger partial charge >= 0.3 is 0 Å². The van der Waals surface area contributed by atoms with Gasteiger partial charge in [-0.05, 0) is 74.4 Å². The summed E-state index contributed by atoms with van der Waals surface area (Å²) < 4.78 is 34.7. The number of halogens is 1. The molecule has 1 N–H and O–H groups in total. The molecule has 3 aromatic carbocycles. The Balaban J connectivity index is 1.99. The zero-order valence-electron chi connectivity index (χ0n) is 22.5. The van der Waals surface area contributed by atoms with Crippen molar-refractivity contribution < 1.29 is 22.7 Å². The van der Waals surface area contributed by atoms with Gasteiger partial charge in [-0.2, -0.15) is 0 Å². The number of carbonyl (C=O) groups excluding carboxylic acids is 2. The molecule has 0 aliphatic rings. The fourth-order valence-corrected chi connectivity index (χ4v) is 5.51. The van der Waals surface area contributed by atoms with Gasteiger partial charge in [-0.25, -0.2) is 8.42 Å². The maximum Gasteiger partial charge on any atom is 0.264 e. The molecule has 0 bridgehead atoms. The van der Waals surface area contributed by atoms with Gasteiger partial charge in [0.1, 0.15) is 18.3 Å². The van der Waals surface area contributed by atoms with Crippen LogP contribution in [0.25, 0.3) is 0 Å². The highest BCUT2D eigenvalue weighted by Crippen LogP contribution is 2.26. The molecule has 3 rings (SSSR count).